The van der Waals surface area contributed by atoms with Crippen molar-refractivity contribution in [3.63, 3.8) is 0 Å². The molecule has 6 heteroatoms. The Morgan fingerprint density at radius 3 is 2.74 bits per heavy atom. The molecule has 3 rings (SSSR count). The zero-order valence-electron chi connectivity index (χ0n) is 15.7. The number of primary amides is 1. The Kier molecular flexibility index (Phi) is 5.76. The van der Waals surface area contributed by atoms with Crippen LogP contribution in [0.25, 0.3) is 10.1 Å². The molecule has 0 atom stereocenters. The number of thiophene rings is 1. The summed E-state index contributed by atoms with van der Waals surface area (Å²) in [5, 5.41) is 5.43. The van der Waals surface area contributed by atoms with Crippen molar-refractivity contribution in [3.05, 3.63) is 47.5 Å². The molecular weight excluding hydrogens is 358 g/mol. The number of anilines is 2. The fourth-order valence-electron chi connectivity index (χ4n) is 2.92. The van der Waals surface area contributed by atoms with Crippen LogP contribution in [-0.2, 0) is 6.42 Å². The molecule has 0 radical (unpaired) electrons. The van der Waals surface area contributed by atoms with Crippen LogP contribution in [0.2, 0.25) is 0 Å². The Hall–Kier alpha value is -2.86. The second-order valence-electron chi connectivity index (χ2n) is 6.07. The molecule has 3 aromatic rings. The van der Waals surface area contributed by atoms with Gasteiger partial charge in [-0.1, -0.05) is 19.9 Å². The summed E-state index contributed by atoms with van der Waals surface area (Å²) in [6.45, 7) is 4.21. The topological polar surface area (TPSA) is 76.7 Å². The highest BCUT2D eigenvalue weighted by molar-refractivity contribution is 7.23. The molecule has 0 bridgehead atoms. The maximum absolute atomic E-state index is 11.5. The molecule has 0 spiro atoms. The molecule has 0 saturated carbocycles. The summed E-state index contributed by atoms with van der Waals surface area (Å²) < 4.78 is 6.56. The molecule has 1 amide bonds. The highest BCUT2D eigenvalue weighted by Crippen LogP contribution is 2.40. The van der Waals surface area contributed by atoms with Gasteiger partial charge in [-0.25, -0.2) is 0 Å². The number of hydrogen-bond donors (Lipinski definition) is 2. The third kappa shape index (κ3) is 3.95. The number of rotatable bonds is 7. The Morgan fingerprint density at radius 1 is 1.26 bits per heavy atom. The quantitative estimate of drug-likeness (QED) is 0.536. The molecular formula is C21H23N3O2S. The van der Waals surface area contributed by atoms with E-state index in [9.17, 15) is 4.79 Å². The largest absolute Gasteiger partial charge is 0.495 e. The van der Waals surface area contributed by atoms with Gasteiger partial charge in [-0.05, 0) is 48.7 Å². The van der Waals surface area contributed by atoms with Crippen molar-refractivity contribution >= 4 is 49.9 Å². The predicted molar refractivity (Wildman–Crippen MR) is 114 cm³/mol. The lowest BCUT2D eigenvalue weighted by Crippen LogP contribution is -2.11. The molecule has 1 heterocycles. The highest BCUT2D eigenvalue weighted by Gasteiger charge is 2.12. The van der Waals surface area contributed by atoms with Crippen molar-refractivity contribution in [3.8, 4) is 5.75 Å². The van der Waals surface area contributed by atoms with Crippen LogP contribution in [0.4, 0.5) is 16.4 Å². The molecule has 2 aromatic carbocycles. The Labute approximate surface area is 162 Å². The molecule has 140 valence electrons. The molecule has 0 saturated heterocycles. The minimum absolute atomic E-state index is 0.431. The van der Waals surface area contributed by atoms with E-state index in [2.05, 4.69) is 42.4 Å². The van der Waals surface area contributed by atoms with Crippen LogP contribution >= 0.6 is 11.3 Å². The third-order valence-corrected chi connectivity index (χ3v) is 5.30. The summed E-state index contributed by atoms with van der Waals surface area (Å²) in [4.78, 5) is 16.2. The smallest absolute Gasteiger partial charge is 0.248 e. The number of carbonyl (C=O) groups is 1. The van der Waals surface area contributed by atoms with Crippen molar-refractivity contribution in [2.45, 2.75) is 26.7 Å². The van der Waals surface area contributed by atoms with Gasteiger partial charge in [0.25, 0.3) is 0 Å². The molecule has 27 heavy (non-hydrogen) atoms. The van der Waals surface area contributed by atoms with E-state index in [0.29, 0.717) is 17.0 Å². The Bertz CT molecular complexity index is 1010. The molecule has 0 aliphatic heterocycles. The second-order valence-corrected chi connectivity index (χ2v) is 7.16. The predicted octanol–water partition coefficient (Wildman–Crippen LogP) is 5.43. The number of aryl methyl sites for hydroxylation is 1. The standard InChI is InChI=1S/C21H23N3O2S/c1-4-10-23-20-13(5-2)7-9-18-15(20)12-19(27-18)24-16-11-14(21(22)25)6-8-17(16)26-3/h6-12,24H,4-5H2,1-3H3,(H2,22,25). The first-order valence-electron chi connectivity index (χ1n) is 8.90. The highest BCUT2D eigenvalue weighted by atomic mass is 32.1. The SMILES string of the molecule is CCC=Nc1c(CC)ccc2sc(Nc3cc(C(N)=O)ccc3OC)cc12. The number of aliphatic imine (C=N–C) groups is 1. The van der Waals surface area contributed by atoms with Gasteiger partial charge in [0, 0.05) is 21.9 Å². The lowest BCUT2D eigenvalue weighted by atomic mass is 10.1. The molecule has 0 aliphatic rings. The van der Waals surface area contributed by atoms with Crippen LogP contribution < -0.4 is 15.8 Å². The summed E-state index contributed by atoms with van der Waals surface area (Å²) in [5.41, 5.74) is 8.79. The van der Waals surface area contributed by atoms with Crippen LogP contribution in [0.5, 0.6) is 5.75 Å². The van der Waals surface area contributed by atoms with E-state index in [1.807, 2.05) is 6.21 Å². The zero-order chi connectivity index (χ0) is 19.4. The summed E-state index contributed by atoms with van der Waals surface area (Å²) >= 11 is 1.64. The minimum atomic E-state index is -0.471. The van der Waals surface area contributed by atoms with Gasteiger partial charge < -0.3 is 15.8 Å². The summed E-state index contributed by atoms with van der Waals surface area (Å²) in [6.07, 6.45) is 3.77. The van der Waals surface area contributed by atoms with E-state index in [4.69, 9.17) is 10.5 Å². The number of nitrogens with one attached hydrogen (secondary N) is 1. The van der Waals surface area contributed by atoms with Gasteiger partial charge >= 0.3 is 0 Å². The lowest BCUT2D eigenvalue weighted by molar-refractivity contribution is 0.100. The zero-order valence-corrected chi connectivity index (χ0v) is 16.5. The van der Waals surface area contributed by atoms with E-state index < -0.39 is 5.91 Å². The van der Waals surface area contributed by atoms with E-state index in [1.165, 1.54) is 5.56 Å². The Morgan fingerprint density at radius 2 is 2.07 bits per heavy atom. The normalized spacial score (nSPS) is 11.2. The van der Waals surface area contributed by atoms with Crippen molar-refractivity contribution in [1.29, 1.82) is 0 Å². The van der Waals surface area contributed by atoms with Crippen LogP contribution in [0, 0.1) is 0 Å². The average molecular weight is 382 g/mol. The maximum atomic E-state index is 11.5. The van der Waals surface area contributed by atoms with Crippen molar-refractivity contribution in [2.75, 3.05) is 12.4 Å². The summed E-state index contributed by atoms with van der Waals surface area (Å²) in [7, 11) is 1.60. The number of nitrogens with two attached hydrogens (primary N) is 1. The van der Waals surface area contributed by atoms with Gasteiger partial charge in [0.2, 0.25) is 5.91 Å². The van der Waals surface area contributed by atoms with Gasteiger partial charge in [0.05, 0.1) is 23.5 Å². The van der Waals surface area contributed by atoms with Gasteiger partial charge in [0.1, 0.15) is 5.75 Å². The number of hydrogen-bond acceptors (Lipinski definition) is 5. The van der Waals surface area contributed by atoms with E-state index in [0.717, 1.165) is 33.6 Å². The second kappa shape index (κ2) is 8.22. The first-order chi connectivity index (χ1) is 13.1. The third-order valence-electron chi connectivity index (χ3n) is 4.28. The monoisotopic (exact) mass is 381 g/mol. The molecule has 1 aromatic heterocycles. The Balaban J connectivity index is 2.05. The number of ether oxygens (including phenoxy) is 1. The number of benzene rings is 2. The van der Waals surface area contributed by atoms with Gasteiger partial charge in [-0.3, -0.25) is 9.79 Å². The van der Waals surface area contributed by atoms with Gasteiger partial charge in [-0.15, -0.1) is 11.3 Å². The number of fused-ring (bicyclic) bond motifs is 1. The van der Waals surface area contributed by atoms with Crippen molar-refractivity contribution in [2.24, 2.45) is 10.7 Å². The van der Waals surface area contributed by atoms with Crippen molar-refractivity contribution < 1.29 is 9.53 Å². The van der Waals surface area contributed by atoms with Crippen LogP contribution in [0.3, 0.4) is 0 Å². The van der Waals surface area contributed by atoms with E-state index >= 15 is 0 Å². The number of amides is 1. The van der Waals surface area contributed by atoms with Gasteiger partial charge in [-0.2, -0.15) is 0 Å². The van der Waals surface area contributed by atoms with E-state index in [-0.39, 0.29) is 0 Å². The fourth-order valence-corrected chi connectivity index (χ4v) is 3.89. The van der Waals surface area contributed by atoms with Crippen LogP contribution in [0.1, 0.15) is 36.2 Å². The number of methoxy groups -OCH3 is 1. The number of carbonyl (C=O) groups excluding carboxylic acids is 1. The molecule has 0 unspecified atom stereocenters. The van der Waals surface area contributed by atoms with Crippen molar-refractivity contribution in [1.82, 2.24) is 0 Å². The molecule has 3 N–H and O–H groups in total. The molecule has 5 nitrogen and oxygen atoms in total. The van der Waals surface area contributed by atoms with Gasteiger partial charge in [0.15, 0.2) is 0 Å². The summed E-state index contributed by atoms with van der Waals surface area (Å²) in [6, 6.07) is 11.5. The van der Waals surface area contributed by atoms with E-state index in [1.54, 1.807) is 36.6 Å². The molecule has 0 fully saturated rings. The first-order valence-corrected chi connectivity index (χ1v) is 9.71. The van der Waals surface area contributed by atoms with Crippen LogP contribution in [0.15, 0.2) is 41.4 Å². The average Bonchev–Trinajstić information content (AvgIpc) is 3.08. The number of nitrogens with zero attached hydrogens (tertiary/aromatic N) is 1. The maximum Gasteiger partial charge on any atom is 0.248 e. The lowest BCUT2D eigenvalue weighted by Gasteiger charge is -2.10. The first kappa shape index (κ1) is 18.9. The fraction of sp³-hybridized carbons (Fsp3) is 0.238. The molecule has 0 aliphatic carbocycles. The van der Waals surface area contributed by atoms with Crippen LogP contribution in [-0.4, -0.2) is 19.2 Å². The minimum Gasteiger partial charge on any atom is -0.495 e. The summed E-state index contributed by atoms with van der Waals surface area (Å²) in [5.74, 6) is 0.178.